The van der Waals surface area contributed by atoms with Crippen LogP contribution in [-0.2, 0) is 14.3 Å². The average Bonchev–Trinajstić information content (AvgIpc) is 3.01. The van der Waals surface area contributed by atoms with Crippen LogP contribution in [0.3, 0.4) is 0 Å². The Hall–Kier alpha value is -1.95. The van der Waals surface area contributed by atoms with Crippen molar-refractivity contribution in [3.8, 4) is 0 Å². The first kappa shape index (κ1) is 17.9. The van der Waals surface area contributed by atoms with Crippen molar-refractivity contribution in [2.24, 2.45) is 10.9 Å². The van der Waals surface area contributed by atoms with Gasteiger partial charge in [0, 0.05) is 5.92 Å². The van der Waals surface area contributed by atoms with Gasteiger partial charge in [0.25, 0.3) is 5.91 Å². The van der Waals surface area contributed by atoms with E-state index in [1.807, 2.05) is 35.8 Å². The minimum atomic E-state index is -0.473. The number of hydrogen-bond acceptors (Lipinski definition) is 4. The Morgan fingerprint density at radius 3 is 2.68 bits per heavy atom. The van der Waals surface area contributed by atoms with E-state index in [0.29, 0.717) is 11.2 Å². The second-order valence-corrected chi connectivity index (χ2v) is 7.46. The zero-order valence-corrected chi connectivity index (χ0v) is 15.6. The highest BCUT2D eigenvalue weighted by Crippen LogP contribution is 2.26. The highest BCUT2D eigenvalue weighted by molar-refractivity contribution is 7.16. The van der Waals surface area contributed by atoms with Crippen molar-refractivity contribution in [2.75, 3.05) is 7.11 Å². The molecule has 1 aliphatic rings. The van der Waals surface area contributed by atoms with Gasteiger partial charge in [-0.2, -0.15) is 4.99 Å². The normalized spacial score (nSPS) is 17.6. The molecule has 25 heavy (non-hydrogen) atoms. The SMILES string of the molecule is CCC(C(=O)OC)n1c(=NC(=O)C2CCCCC2)sc2ccccc21. The van der Waals surface area contributed by atoms with Gasteiger partial charge < -0.3 is 9.30 Å². The van der Waals surface area contributed by atoms with Gasteiger partial charge in [0.1, 0.15) is 6.04 Å². The molecule has 6 heteroatoms. The number of esters is 1. The minimum Gasteiger partial charge on any atom is -0.467 e. The van der Waals surface area contributed by atoms with E-state index in [1.165, 1.54) is 24.9 Å². The number of benzene rings is 1. The quantitative estimate of drug-likeness (QED) is 0.779. The maximum atomic E-state index is 12.7. The number of carbonyl (C=O) groups excluding carboxylic acids is 2. The number of aromatic nitrogens is 1. The summed E-state index contributed by atoms with van der Waals surface area (Å²) in [7, 11) is 1.39. The van der Waals surface area contributed by atoms with Gasteiger partial charge in [0.05, 0.1) is 17.3 Å². The van der Waals surface area contributed by atoms with Crippen molar-refractivity contribution in [3.05, 3.63) is 29.1 Å². The topological polar surface area (TPSA) is 60.7 Å². The third-order valence-electron chi connectivity index (χ3n) is 4.86. The molecular weight excluding hydrogens is 336 g/mol. The zero-order chi connectivity index (χ0) is 17.8. The van der Waals surface area contributed by atoms with Crippen molar-refractivity contribution in [1.82, 2.24) is 4.57 Å². The predicted molar refractivity (Wildman–Crippen MR) is 98.3 cm³/mol. The number of methoxy groups -OCH3 is 1. The number of rotatable bonds is 4. The fraction of sp³-hybridized carbons (Fsp3) is 0.526. The summed E-state index contributed by atoms with van der Waals surface area (Å²) >= 11 is 1.46. The second-order valence-electron chi connectivity index (χ2n) is 6.45. The Morgan fingerprint density at radius 1 is 1.28 bits per heavy atom. The lowest BCUT2D eigenvalue weighted by Crippen LogP contribution is -2.29. The van der Waals surface area contributed by atoms with E-state index in [-0.39, 0.29) is 17.8 Å². The molecule has 1 saturated carbocycles. The Labute approximate surface area is 151 Å². The van der Waals surface area contributed by atoms with Crippen LogP contribution < -0.4 is 4.80 Å². The Kier molecular flexibility index (Phi) is 5.68. The van der Waals surface area contributed by atoms with E-state index in [4.69, 9.17) is 4.74 Å². The lowest BCUT2D eigenvalue weighted by Gasteiger charge is -2.18. The first-order valence-electron chi connectivity index (χ1n) is 8.92. The summed E-state index contributed by atoms with van der Waals surface area (Å²) in [5, 5.41) is 0. The molecule has 1 aliphatic carbocycles. The largest absolute Gasteiger partial charge is 0.467 e. The van der Waals surface area contributed by atoms with E-state index in [9.17, 15) is 9.59 Å². The van der Waals surface area contributed by atoms with Gasteiger partial charge in [-0.15, -0.1) is 0 Å². The molecule has 0 spiro atoms. The number of ether oxygens (including phenoxy) is 1. The molecule has 1 aromatic carbocycles. The van der Waals surface area contributed by atoms with Gasteiger partial charge in [-0.3, -0.25) is 4.79 Å². The Balaban J connectivity index is 2.10. The number of fused-ring (bicyclic) bond motifs is 1. The molecule has 0 bridgehead atoms. The number of carbonyl (C=O) groups is 2. The molecule has 1 heterocycles. The summed E-state index contributed by atoms with van der Waals surface area (Å²) in [6.45, 7) is 1.94. The molecule has 2 aromatic rings. The standard InChI is InChI=1S/C19H24N2O3S/c1-3-14(18(23)24-2)21-15-11-7-8-12-16(15)25-19(21)20-17(22)13-9-5-4-6-10-13/h7-8,11-14H,3-6,9-10H2,1-2H3. The first-order valence-corrected chi connectivity index (χ1v) is 9.73. The van der Waals surface area contributed by atoms with E-state index >= 15 is 0 Å². The van der Waals surface area contributed by atoms with Gasteiger partial charge in [0.2, 0.25) is 0 Å². The van der Waals surface area contributed by atoms with Gasteiger partial charge in [-0.25, -0.2) is 4.79 Å². The van der Waals surface area contributed by atoms with Gasteiger partial charge in [0.15, 0.2) is 4.80 Å². The number of amides is 1. The van der Waals surface area contributed by atoms with Gasteiger partial charge >= 0.3 is 5.97 Å². The molecule has 0 N–H and O–H groups in total. The highest BCUT2D eigenvalue weighted by Gasteiger charge is 2.25. The summed E-state index contributed by atoms with van der Waals surface area (Å²) in [6, 6.07) is 7.36. The summed E-state index contributed by atoms with van der Waals surface area (Å²) in [5.74, 6) is -0.344. The maximum Gasteiger partial charge on any atom is 0.328 e. The lowest BCUT2D eigenvalue weighted by molar-refractivity contribution is -0.144. The van der Waals surface area contributed by atoms with Crippen LogP contribution >= 0.6 is 11.3 Å². The molecule has 1 amide bonds. The van der Waals surface area contributed by atoms with Crippen LogP contribution in [0.25, 0.3) is 10.2 Å². The summed E-state index contributed by atoms with van der Waals surface area (Å²) < 4.78 is 7.85. The highest BCUT2D eigenvalue weighted by atomic mass is 32.1. The van der Waals surface area contributed by atoms with Crippen LogP contribution in [0.15, 0.2) is 29.3 Å². The fourth-order valence-electron chi connectivity index (χ4n) is 3.50. The molecule has 134 valence electrons. The van der Waals surface area contributed by atoms with Crippen LogP contribution in [0.1, 0.15) is 51.5 Å². The number of hydrogen-bond donors (Lipinski definition) is 0. The molecule has 5 nitrogen and oxygen atoms in total. The fourth-order valence-corrected chi connectivity index (χ4v) is 4.57. The van der Waals surface area contributed by atoms with Crippen LogP contribution in [0, 0.1) is 5.92 Å². The minimum absolute atomic E-state index is 0.0191. The van der Waals surface area contributed by atoms with Crippen molar-refractivity contribution in [3.63, 3.8) is 0 Å². The van der Waals surface area contributed by atoms with E-state index in [2.05, 4.69) is 4.99 Å². The lowest BCUT2D eigenvalue weighted by atomic mass is 9.89. The van der Waals surface area contributed by atoms with Crippen molar-refractivity contribution < 1.29 is 14.3 Å². The van der Waals surface area contributed by atoms with E-state index < -0.39 is 6.04 Å². The molecular formula is C19H24N2O3S. The van der Waals surface area contributed by atoms with Gasteiger partial charge in [-0.05, 0) is 31.4 Å². The predicted octanol–water partition coefficient (Wildman–Crippen LogP) is 3.83. The van der Waals surface area contributed by atoms with Crippen molar-refractivity contribution >= 4 is 33.4 Å². The number of thiazole rings is 1. The molecule has 0 radical (unpaired) electrons. The van der Waals surface area contributed by atoms with Crippen molar-refractivity contribution in [2.45, 2.75) is 51.5 Å². The third-order valence-corrected chi connectivity index (χ3v) is 5.90. The first-order chi connectivity index (χ1) is 12.2. The molecule has 1 atom stereocenters. The molecule has 0 saturated heterocycles. The summed E-state index contributed by atoms with van der Waals surface area (Å²) in [4.78, 5) is 29.9. The van der Waals surface area contributed by atoms with Crippen LogP contribution in [0.5, 0.6) is 0 Å². The average molecular weight is 360 g/mol. The molecule has 0 aliphatic heterocycles. The smallest absolute Gasteiger partial charge is 0.328 e. The second kappa shape index (κ2) is 7.95. The molecule has 1 aromatic heterocycles. The number of para-hydroxylation sites is 1. The van der Waals surface area contributed by atoms with E-state index in [0.717, 1.165) is 35.9 Å². The van der Waals surface area contributed by atoms with Crippen LogP contribution in [0.4, 0.5) is 0 Å². The zero-order valence-electron chi connectivity index (χ0n) is 14.7. The summed E-state index contributed by atoms with van der Waals surface area (Å²) in [5.41, 5.74) is 0.917. The third kappa shape index (κ3) is 3.68. The van der Waals surface area contributed by atoms with Crippen LogP contribution in [0.2, 0.25) is 0 Å². The molecule has 1 fully saturated rings. The summed E-state index contributed by atoms with van der Waals surface area (Å²) in [6.07, 6.45) is 5.81. The molecule has 3 rings (SSSR count). The van der Waals surface area contributed by atoms with Gasteiger partial charge in [-0.1, -0.05) is 49.7 Å². The monoisotopic (exact) mass is 360 g/mol. The Bertz CT molecular complexity index is 831. The molecule has 1 unspecified atom stereocenters. The van der Waals surface area contributed by atoms with E-state index in [1.54, 1.807) is 0 Å². The van der Waals surface area contributed by atoms with Crippen LogP contribution in [-0.4, -0.2) is 23.6 Å². The maximum absolute atomic E-state index is 12.7. The van der Waals surface area contributed by atoms with Crippen molar-refractivity contribution in [1.29, 1.82) is 0 Å². The number of nitrogens with zero attached hydrogens (tertiary/aromatic N) is 2. The Morgan fingerprint density at radius 2 is 2.00 bits per heavy atom.